The van der Waals surface area contributed by atoms with Gasteiger partial charge in [0.15, 0.2) is 0 Å². The molecule has 0 amide bonds. The van der Waals surface area contributed by atoms with Crippen molar-refractivity contribution in [3.8, 4) is 0 Å². The van der Waals surface area contributed by atoms with Crippen LogP contribution in [0.15, 0.2) is 27.1 Å². The normalized spacial score (nSPS) is 13.6. The van der Waals surface area contributed by atoms with E-state index in [1.54, 1.807) is 19.1 Å². The Balaban J connectivity index is 2.85. The summed E-state index contributed by atoms with van der Waals surface area (Å²) in [6.45, 7) is 6.06. The second kappa shape index (κ2) is 7.06. The molecule has 1 atom stereocenters. The smallest absolute Gasteiger partial charge is 0.236 e. The van der Waals surface area contributed by atoms with E-state index < -0.39 is 15.3 Å². The summed E-state index contributed by atoms with van der Waals surface area (Å²) in [5.74, 6) is 0. The highest BCUT2D eigenvalue weighted by Gasteiger charge is 2.22. The average molecular weight is 414 g/mol. The first kappa shape index (κ1) is 16.9. The summed E-state index contributed by atoms with van der Waals surface area (Å²) in [6.07, 6.45) is 0. The minimum Gasteiger partial charge on any atom is -0.313 e. The molecule has 0 fully saturated rings. The molecule has 0 aromatic heterocycles. The molecule has 0 bridgehead atoms. The Kier molecular flexibility index (Phi) is 6.29. The number of para-hydroxylation sites is 1. The standard InChI is InChI=1S/C12H18Br2N2O2S/c1-8(2)15-7-9(3)19(17,18)16-12-10(13)5-4-6-11(12)14/h4-6,8-9,15-16H,7H2,1-3H3. The lowest BCUT2D eigenvalue weighted by atomic mass is 10.3. The highest BCUT2D eigenvalue weighted by Crippen LogP contribution is 2.31. The zero-order chi connectivity index (χ0) is 14.6. The van der Waals surface area contributed by atoms with E-state index in [1.807, 2.05) is 19.9 Å². The number of rotatable bonds is 6. The van der Waals surface area contributed by atoms with Gasteiger partial charge in [-0.1, -0.05) is 19.9 Å². The molecule has 0 spiro atoms. The van der Waals surface area contributed by atoms with Gasteiger partial charge in [0.05, 0.1) is 10.9 Å². The van der Waals surface area contributed by atoms with Gasteiger partial charge in [0.2, 0.25) is 10.0 Å². The molecule has 0 aliphatic heterocycles. The zero-order valence-corrected chi connectivity index (χ0v) is 15.1. The largest absolute Gasteiger partial charge is 0.313 e. The molecule has 1 rings (SSSR count). The SMILES string of the molecule is CC(C)NCC(C)S(=O)(=O)Nc1c(Br)cccc1Br. The van der Waals surface area contributed by atoms with Crippen LogP contribution in [0.1, 0.15) is 20.8 Å². The minimum absolute atomic E-state index is 0.257. The number of anilines is 1. The number of halogens is 2. The molecule has 0 heterocycles. The van der Waals surface area contributed by atoms with E-state index in [1.165, 1.54) is 0 Å². The Morgan fingerprint density at radius 1 is 1.16 bits per heavy atom. The predicted octanol–water partition coefficient (Wildman–Crippen LogP) is 3.34. The van der Waals surface area contributed by atoms with Crippen LogP contribution in [0, 0.1) is 0 Å². The maximum Gasteiger partial charge on any atom is 0.236 e. The lowest BCUT2D eigenvalue weighted by molar-refractivity contribution is 0.553. The van der Waals surface area contributed by atoms with Gasteiger partial charge in [-0.15, -0.1) is 0 Å². The summed E-state index contributed by atoms with van der Waals surface area (Å²) in [6, 6.07) is 5.67. The van der Waals surface area contributed by atoms with Crippen molar-refractivity contribution in [2.75, 3.05) is 11.3 Å². The summed E-state index contributed by atoms with van der Waals surface area (Å²) >= 11 is 6.68. The maximum absolute atomic E-state index is 12.2. The minimum atomic E-state index is -3.43. The van der Waals surface area contributed by atoms with Crippen molar-refractivity contribution in [2.45, 2.75) is 32.1 Å². The lowest BCUT2D eigenvalue weighted by Gasteiger charge is -2.18. The Labute approximate surface area is 131 Å². The van der Waals surface area contributed by atoms with Crippen LogP contribution in [0.25, 0.3) is 0 Å². The Hall–Kier alpha value is -0.110. The number of hydrogen-bond donors (Lipinski definition) is 2. The highest BCUT2D eigenvalue weighted by atomic mass is 79.9. The first-order valence-electron chi connectivity index (χ1n) is 5.93. The third-order valence-electron chi connectivity index (χ3n) is 2.55. The van der Waals surface area contributed by atoms with Gasteiger partial charge in [0.1, 0.15) is 0 Å². The molecule has 0 saturated carbocycles. The van der Waals surface area contributed by atoms with Crippen LogP contribution < -0.4 is 10.0 Å². The number of sulfonamides is 1. The van der Waals surface area contributed by atoms with Crippen LogP contribution in [0.4, 0.5) is 5.69 Å². The van der Waals surface area contributed by atoms with Crippen molar-refractivity contribution in [2.24, 2.45) is 0 Å². The van der Waals surface area contributed by atoms with Crippen molar-refractivity contribution in [3.63, 3.8) is 0 Å². The van der Waals surface area contributed by atoms with Gasteiger partial charge in [-0.3, -0.25) is 4.72 Å². The average Bonchev–Trinajstić information content (AvgIpc) is 2.31. The molecule has 19 heavy (non-hydrogen) atoms. The molecule has 108 valence electrons. The molecule has 1 aromatic carbocycles. The molecule has 0 saturated heterocycles. The van der Waals surface area contributed by atoms with Crippen LogP contribution in [-0.4, -0.2) is 26.3 Å². The molecule has 0 aliphatic rings. The zero-order valence-electron chi connectivity index (χ0n) is 11.1. The second-order valence-electron chi connectivity index (χ2n) is 4.62. The first-order chi connectivity index (χ1) is 8.74. The fourth-order valence-electron chi connectivity index (χ4n) is 1.35. The Morgan fingerprint density at radius 2 is 1.68 bits per heavy atom. The summed E-state index contributed by atoms with van der Waals surface area (Å²) in [5.41, 5.74) is 0.527. The molecule has 2 N–H and O–H groups in total. The summed E-state index contributed by atoms with van der Waals surface area (Å²) in [5, 5.41) is 2.60. The lowest BCUT2D eigenvalue weighted by Crippen LogP contribution is -2.37. The number of benzene rings is 1. The predicted molar refractivity (Wildman–Crippen MR) is 87.0 cm³/mol. The first-order valence-corrected chi connectivity index (χ1v) is 9.06. The highest BCUT2D eigenvalue weighted by molar-refractivity contribution is 9.11. The summed E-state index contributed by atoms with van der Waals surface area (Å²) in [7, 11) is -3.43. The van der Waals surface area contributed by atoms with Gasteiger partial charge in [-0.05, 0) is 50.9 Å². The van der Waals surface area contributed by atoms with Crippen molar-refractivity contribution in [1.29, 1.82) is 0 Å². The van der Waals surface area contributed by atoms with Gasteiger partial charge in [-0.2, -0.15) is 0 Å². The van der Waals surface area contributed by atoms with E-state index in [4.69, 9.17) is 0 Å². The van der Waals surface area contributed by atoms with Gasteiger partial charge in [-0.25, -0.2) is 8.42 Å². The van der Waals surface area contributed by atoms with Crippen LogP contribution in [0.5, 0.6) is 0 Å². The topological polar surface area (TPSA) is 58.2 Å². The van der Waals surface area contributed by atoms with E-state index in [-0.39, 0.29) is 6.04 Å². The fourth-order valence-corrected chi connectivity index (χ4v) is 3.83. The van der Waals surface area contributed by atoms with E-state index in [0.29, 0.717) is 21.2 Å². The van der Waals surface area contributed by atoms with Crippen LogP contribution in [0.3, 0.4) is 0 Å². The van der Waals surface area contributed by atoms with E-state index >= 15 is 0 Å². The number of nitrogens with one attached hydrogen (secondary N) is 2. The molecule has 7 heteroatoms. The van der Waals surface area contributed by atoms with Crippen molar-refractivity contribution in [1.82, 2.24) is 5.32 Å². The van der Waals surface area contributed by atoms with Gasteiger partial charge >= 0.3 is 0 Å². The molecular weight excluding hydrogens is 396 g/mol. The second-order valence-corrected chi connectivity index (χ2v) is 8.42. The van der Waals surface area contributed by atoms with Crippen LogP contribution >= 0.6 is 31.9 Å². The van der Waals surface area contributed by atoms with Gasteiger partial charge in [0, 0.05) is 21.5 Å². The maximum atomic E-state index is 12.2. The Bertz CT molecular complexity index is 512. The molecule has 0 aliphatic carbocycles. The van der Waals surface area contributed by atoms with Gasteiger partial charge < -0.3 is 5.32 Å². The van der Waals surface area contributed by atoms with Crippen molar-refractivity contribution in [3.05, 3.63) is 27.1 Å². The molecule has 4 nitrogen and oxygen atoms in total. The third-order valence-corrected chi connectivity index (χ3v) is 5.59. The van der Waals surface area contributed by atoms with Crippen molar-refractivity contribution >= 4 is 47.6 Å². The molecular formula is C12H18Br2N2O2S. The monoisotopic (exact) mass is 412 g/mol. The fraction of sp³-hybridized carbons (Fsp3) is 0.500. The molecule has 0 radical (unpaired) electrons. The van der Waals surface area contributed by atoms with Crippen molar-refractivity contribution < 1.29 is 8.42 Å². The number of hydrogen-bond acceptors (Lipinski definition) is 3. The van der Waals surface area contributed by atoms with E-state index in [9.17, 15) is 8.42 Å². The summed E-state index contributed by atoms with van der Waals surface area (Å²) in [4.78, 5) is 0. The van der Waals surface area contributed by atoms with E-state index in [0.717, 1.165) is 0 Å². The van der Waals surface area contributed by atoms with E-state index in [2.05, 4.69) is 41.9 Å². The summed E-state index contributed by atoms with van der Waals surface area (Å²) < 4.78 is 28.5. The quantitative estimate of drug-likeness (QED) is 0.751. The van der Waals surface area contributed by atoms with Gasteiger partial charge in [0.25, 0.3) is 0 Å². The molecule has 1 unspecified atom stereocenters. The van der Waals surface area contributed by atoms with Crippen LogP contribution in [-0.2, 0) is 10.0 Å². The third kappa shape index (κ3) is 5.06. The van der Waals surface area contributed by atoms with Crippen LogP contribution in [0.2, 0.25) is 0 Å². The Morgan fingerprint density at radius 3 is 2.16 bits per heavy atom. The molecule has 1 aromatic rings.